The van der Waals surface area contributed by atoms with Crippen LogP contribution >= 0.6 is 0 Å². The Morgan fingerprint density at radius 2 is 1.67 bits per heavy atom. The summed E-state index contributed by atoms with van der Waals surface area (Å²) in [5.41, 5.74) is 0. The second kappa shape index (κ2) is 2.22. The van der Waals surface area contributed by atoms with Crippen molar-refractivity contribution < 1.29 is 15.3 Å². The molecule has 4 unspecified atom stereocenters. The van der Waals surface area contributed by atoms with Crippen molar-refractivity contribution in [1.29, 1.82) is 0 Å². The molecule has 1 heterocycles. The van der Waals surface area contributed by atoms with E-state index in [1.165, 1.54) is 0 Å². The molecule has 0 spiro atoms. The zero-order valence-corrected chi connectivity index (χ0v) is 5.15. The predicted molar refractivity (Wildman–Crippen MR) is 30.6 cm³/mol. The monoisotopic (exact) mass is 133 g/mol. The SMILES string of the molecule is CC1NC(O)C(O)C1O. The van der Waals surface area contributed by atoms with E-state index >= 15 is 0 Å². The largest absolute Gasteiger partial charge is 0.389 e. The third kappa shape index (κ3) is 1.07. The first-order chi connectivity index (χ1) is 4.13. The highest BCUT2D eigenvalue weighted by molar-refractivity contribution is 4.90. The third-order valence-corrected chi connectivity index (χ3v) is 1.62. The van der Waals surface area contributed by atoms with Gasteiger partial charge in [-0.3, -0.25) is 5.32 Å². The molecule has 4 nitrogen and oxygen atoms in total. The minimum atomic E-state index is -1.04. The molecule has 0 aromatic heterocycles. The van der Waals surface area contributed by atoms with Crippen LogP contribution in [0.3, 0.4) is 0 Å². The molecule has 0 aromatic carbocycles. The Hall–Kier alpha value is -0.160. The molecule has 0 radical (unpaired) electrons. The van der Waals surface area contributed by atoms with Gasteiger partial charge in [-0.05, 0) is 6.92 Å². The van der Waals surface area contributed by atoms with Crippen LogP contribution < -0.4 is 5.32 Å². The van der Waals surface area contributed by atoms with Gasteiger partial charge in [-0.15, -0.1) is 0 Å². The van der Waals surface area contributed by atoms with Crippen LogP contribution in [-0.4, -0.2) is 39.8 Å². The summed E-state index contributed by atoms with van der Waals surface area (Å²) in [6.07, 6.45) is -2.87. The normalized spacial score (nSPS) is 52.0. The molecule has 1 saturated heterocycles. The van der Waals surface area contributed by atoms with Crippen LogP contribution in [0.1, 0.15) is 6.92 Å². The molecule has 0 bridgehead atoms. The van der Waals surface area contributed by atoms with Crippen molar-refractivity contribution in [1.82, 2.24) is 5.32 Å². The number of rotatable bonds is 0. The van der Waals surface area contributed by atoms with Crippen LogP contribution in [0.5, 0.6) is 0 Å². The summed E-state index contributed by atoms with van der Waals surface area (Å²) in [7, 11) is 0. The van der Waals surface area contributed by atoms with Crippen LogP contribution in [0.25, 0.3) is 0 Å². The second-order valence-electron chi connectivity index (χ2n) is 2.38. The van der Waals surface area contributed by atoms with Crippen molar-refractivity contribution in [3.05, 3.63) is 0 Å². The van der Waals surface area contributed by atoms with E-state index in [2.05, 4.69) is 5.32 Å². The fourth-order valence-electron chi connectivity index (χ4n) is 0.949. The van der Waals surface area contributed by atoms with Gasteiger partial charge in [0.15, 0.2) is 0 Å². The molecule has 1 fully saturated rings. The number of aliphatic hydroxyl groups is 3. The summed E-state index contributed by atoms with van der Waals surface area (Å²) in [4.78, 5) is 0. The Bertz CT molecular complexity index is 96.4. The smallest absolute Gasteiger partial charge is 0.134 e. The molecule has 0 amide bonds. The van der Waals surface area contributed by atoms with Gasteiger partial charge in [-0.1, -0.05) is 0 Å². The zero-order valence-electron chi connectivity index (χ0n) is 5.15. The molecular weight excluding hydrogens is 122 g/mol. The molecule has 0 aromatic rings. The summed E-state index contributed by atoms with van der Waals surface area (Å²) in [6, 6.07) is -0.227. The number of nitrogens with one attached hydrogen (secondary N) is 1. The summed E-state index contributed by atoms with van der Waals surface area (Å²) < 4.78 is 0. The summed E-state index contributed by atoms with van der Waals surface area (Å²) in [5, 5.41) is 29.2. The van der Waals surface area contributed by atoms with E-state index < -0.39 is 18.4 Å². The van der Waals surface area contributed by atoms with Crippen LogP contribution in [-0.2, 0) is 0 Å². The van der Waals surface area contributed by atoms with E-state index in [4.69, 9.17) is 15.3 Å². The van der Waals surface area contributed by atoms with Crippen LogP contribution in [0.4, 0.5) is 0 Å². The summed E-state index contributed by atoms with van der Waals surface area (Å²) >= 11 is 0. The first-order valence-electron chi connectivity index (χ1n) is 2.93. The van der Waals surface area contributed by atoms with Gasteiger partial charge in [-0.25, -0.2) is 0 Å². The van der Waals surface area contributed by atoms with E-state index in [-0.39, 0.29) is 6.04 Å². The van der Waals surface area contributed by atoms with E-state index in [1.807, 2.05) is 0 Å². The maximum atomic E-state index is 8.96. The minimum absolute atomic E-state index is 0.227. The quantitative estimate of drug-likeness (QED) is 0.309. The lowest BCUT2D eigenvalue weighted by Crippen LogP contribution is -2.32. The molecule has 1 aliphatic heterocycles. The lowest BCUT2D eigenvalue weighted by Gasteiger charge is -2.09. The van der Waals surface area contributed by atoms with Gasteiger partial charge in [0.2, 0.25) is 0 Å². The van der Waals surface area contributed by atoms with Gasteiger partial charge in [0, 0.05) is 6.04 Å². The highest BCUT2D eigenvalue weighted by Crippen LogP contribution is 2.10. The van der Waals surface area contributed by atoms with Gasteiger partial charge in [0.1, 0.15) is 12.3 Å². The molecule has 4 heteroatoms. The third-order valence-electron chi connectivity index (χ3n) is 1.62. The van der Waals surface area contributed by atoms with E-state index in [1.54, 1.807) is 6.92 Å². The Labute approximate surface area is 53.1 Å². The van der Waals surface area contributed by atoms with E-state index in [0.29, 0.717) is 0 Å². The van der Waals surface area contributed by atoms with E-state index in [0.717, 1.165) is 0 Å². The number of aliphatic hydroxyl groups excluding tert-OH is 3. The van der Waals surface area contributed by atoms with Gasteiger partial charge >= 0.3 is 0 Å². The lowest BCUT2D eigenvalue weighted by atomic mass is 10.2. The Balaban J connectivity index is 2.54. The van der Waals surface area contributed by atoms with Crippen molar-refractivity contribution in [2.24, 2.45) is 0 Å². The molecule has 0 saturated carbocycles. The van der Waals surface area contributed by atoms with Crippen molar-refractivity contribution >= 4 is 0 Å². The van der Waals surface area contributed by atoms with Crippen LogP contribution in [0, 0.1) is 0 Å². The molecule has 1 aliphatic rings. The highest BCUT2D eigenvalue weighted by atomic mass is 16.4. The fourth-order valence-corrected chi connectivity index (χ4v) is 0.949. The average molecular weight is 133 g/mol. The molecule has 4 atom stereocenters. The van der Waals surface area contributed by atoms with Crippen molar-refractivity contribution in [3.8, 4) is 0 Å². The standard InChI is InChI=1S/C5H11NO3/c1-2-3(7)4(8)5(9)6-2/h2-9H,1H3. The van der Waals surface area contributed by atoms with Crippen molar-refractivity contribution in [2.45, 2.75) is 31.4 Å². The maximum Gasteiger partial charge on any atom is 0.134 e. The number of hydrogen-bond acceptors (Lipinski definition) is 4. The first kappa shape index (κ1) is 6.95. The van der Waals surface area contributed by atoms with Crippen LogP contribution in [0.15, 0.2) is 0 Å². The molecule has 0 aliphatic carbocycles. The van der Waals surface area contributed by atoms with Gasteiger partial charge in [0.05, 0.1) is 6.10 Å². The van der Waals surface area contributed by atoms with Crippen molar-refractivity contribution in [3.63, 3.8) is 0 Å². The summed E-state index contributed by atoms with van der Waals surface area (Å²) in [5.74, 6) is 0. The van der Waals surface area contributed by atoms with Gasteiger partial charge in [-0.2, -0.15) is 0 Å². The molecule has 54 valence electrons. The second-order valence-corrected chi connectivity index (χ2v) is 2.38. The molecule has 9 heavy (non-hydrogen) atoms. The van der Waals surface area contributed by atoms with Gasteiger partial charge < -0.3 is 15.3 Å². The predicted octanol–water partition coefficient (Wildman–Crippen LogP) is -1.98. The lowest BCUT2D eigenvalue weighted by molar-refractivity contribution is -0.0233. The Kier molecular flexibility index (Phi) is 1.72. The van der Waals surface area contributed by atoms with Gasteiger partial charge in [0.25, 0.3) is 0 Å². The maximum absolute atomic E-state index is 8.96. The highest BCUT2D eigenvalue weighted by Gasteiger charge is 2.36. The Morgan fingerprint density at radius 1 is 1.11 bits per heavy atom. The fraction of sp³-hybridized carbons (Fsp3) is 1.00. The van der Waals surface area contributed by atoms with Crippen molar-refractivity contribution in [2.75, 3.05) is 0 Å². The Morgan fingerprint density at radius 3 is 1.78 bits per heavy atom. The average Bonchev–Trinajstić information content (AvgIpc) is 1.98. The first-order valence-corrected chi connectivity index (χ1v) is 2.93. The van der Waals surface area contributed by atoms with Crippen LogP contribution in [0.2, 0.25) is 0 Å². The minimum Gasteiger partial charge on any atom is -0.389 e. The molecule has 1 rings (SSSR count). The zero-order chi connectivity index (χ0) is 7.02. The molecule has 4 N–H and O–H groups in total. The topological polar surface area (TPSA) is 72.7 Å². The number of hydrogen-bond donors (Lipinski definition) is 4. The van der Waals surface area contributed by atoms with E-state index in [9.17, 15) is 0 Å². The summed E-state index contributed by atoms with van der Waals surface area (Å²) in [6.45, 7) is 1.70. The molecular formula is C5H11NO3.